The number of carbonyl (C=O) groups is 1. The summed E-state index contributed by atoms with van der Waals surface area (Å²) in [6, 6.07) is 7.76. The summed E-state index contributed by atoms with van der Waals surface area (Å²) in [4.78, 5) is 29.4. The molecule has 0 radical (unpaired) electrons. The molecule has 1 aromatic carbocycles. The van der Waals surface area contributed by atoms with Crippen LogP contribution in [0.5, 0.6) is 0 Å². The van der Waals surface area contributed by atoms with Gasteiger partial charge >= 0.3 is 5.97 Å². The third-order valence-electron chi connectivity index (χ3n) is 5.21. The van der Waals surface area contributed by atoms with Crippen LogP contribution in [0.2, 0.25) is 0 Å². The molecule has 1 aliphatic heterocycles. The number of benzene rings is 1. The summed E-state index contributed by atoms with van der Waals surface area (Å²) in [7, 11) is 3.02. The number of non-ortho nitro benzene ring substituents is 1. The van der Waals surface area contributed by atoms with Gasteiger partial charge in [-0.05, 0) is 31.0 Å². The predicted molar refractivity (Wildman–Crippen MR) is 109 cm³/mol. The Morgan fingerprint density at radius 1 is 1.27 bits per heavy atom. The number of hydrogen-bond donors (Lipinski definition) is 0. The van der Waals surface area contributed by atoms with E-state index in [-0.39, 0.29) is 11.8 Å². The first kappa shape index (κ1) is 19.8. The average molecular weight is 411 g/mol. The standard InChI is InChI=1S/C20H21N5O5/c1-29-16-4-3-9-23(12-16)19-17-10-14(20(26)30-2)11-24(17)22-18(21-19)13-5-7-15(8-6-13)25(27)28/h5-8,10-11,16H,3-4,9,12H2,1-2H3. The van der Waals surface area contributed by atoms with Crippen molar-refractivity contribution in [1.29, 1.82) is 0 Å². The van der Waals surface area contributed by atoms with Crippen molar-refractivity contribution in [2.75, 3.05) is 32.2 Å². The summed E-state index contributed by atoms with van der Waals surface area (Å²) >= 11 is 0. The van der Waals surface area contributed by atoms with Crippen LogP contribution < -0.4 is 4.90 Å². The lowest BCUT2D eigenvalue weighted by Crippen LogP contribution is -2.40. The van der Waals surface area contributed by atoms with Gasteiger partial charge in [0.15, 0.2) is 11.6 Å². The molecule has 4 rings (SSSR count). The van der Waals surface area contributed by atoms with Crippen LogP contribution in [0, 0.1) is 10.1 Å². The van der Waals surface area contributed by atoms with Crippen molar-refractivity contribution in [3.8, 4) is 11.4 Å². The van der Waals surface area contributed by atoms with Gasteiger partial charge in [-0.2, -0.15) is 0 Å². The van der Waals surface area contributed by atoms with Crippen molar-refractivity contribution in [3.05, 3.63) is 52.2 Å². The molecule has 156 valence electrons. The first-order valence-corrected chi connectivity index (χ1v) is 9.51. The lowest BCUT2D eigenvalue weighted by Gasteiger charge is -2.33. The lowest BCUT2D eigenvalue weighted by atomic mass is 10.1. The predicted octanol–water partition coefficient (Wildman–Crippen LogP) is 2.71. The maximum atomic E-state index is 12.0. The highest BCUT2D eigenvalue weighted by Crippen LogP contribution is 2.28. The molecular weight excluding hydrogens is 390 g/mol. The van der Waals surface area contributed by atoms with Crippen LogP contribution in [0.25, 0.3) is 16.9 Å². The molecule has 3 heterocycles. The topological polar surface area (TPSA) is 112 Å². The van der Waals surface area contributed by atoms with Crippen LogP contribution in [-0.4, -0.2) is 58.9 Å². The Hall–Kier alpha value is -3.53. The maximum Gasteiger partial charge on any atom is 0.339 e. The van der Waals surface area contributed by atoms with Crippen molar-refractivity contribution >= 4 is 23.0 Å². The smallest absolute Gasteiger partial charge is 0.339 e. The average Bonchev–Trinajstić information content (AvgIpc) is 3.22. The number of esters is 1. The molecule has 0 bridgehead atoms. The second-order valence-corrected chi connectivity index (χ2v) is 7.06. The Morgan fingerprint density at radius 3 is 2.70 bits per heavy atom. The largest absolute Gasteiger partial charge is 0.465 e. The second kappa shape index (κ2) is 8.07. The minimum atomic E-state index is -0.461. The van der Waals surface area contributed by atoms with Gasteiger partial charge in [0.1, 0.15) is 5.52 Å². The highest BCUT2D eigenvalue weighted by molar-refractivity contribution is 5.92. The summed E-state index contributed by atoms with van der Waals surface area (Å²) in [6.07, 6.45) is 3.61. The van der Waals surface area contributed by atoms with Gasteiger partial charge in [0.25, 0.3) is 5.69 Å². The molecule has 3 aromatic rings. The molecule has 0 aliphatic carbocycles. The third kappa shape index (κ3) is 3.69. The number of fused-ring (bicyclic) bond motifs is 1. The number of nitro benzene ring substituents is 1. The SMILES string of the molecule is COC(=O)c1cc2c(N3CCCC(OC)C3)nc(-c3ccc([N+](=O)[O-])cc3)nn2c1. The fourth-order valence-electron chi connectivity index (χ4n) is 3.62. The zero-order chi connectivity index (χ0) is 21.3. The quantitative estimate of drug-likeness (QED) is 0.358. The van der Waals surface area contributed by atoms with Gasteiger partial charge in [-0.25, -0.2) is 14.3 Å². The summed E-state index contributed by atoms with van der Waals surface area (Å²) in [5.41, 5.74) is 1.68. The summed E-state index contributed by atoms with van der Waals surface area (Å²) < 4.78 is 12.0. The van der Waals surface area contributed by atoms with Gasteiger partial charge in [0, 0.05) is 44.1 Å². The number of methoxy groups -OCH3 is 2. The molecule has 1 fully saturated rings. The minimum absolute atomic E-state index is 0.00652. The number of carbonyl (C=O) groups excluding carboxylic acids is 1. The first-order chi connectivity index (χ1) is 14.5. The lowest BCUT2D eigenvalue weighted by molar-refractivity contribution is -0.384. The van der Waals surface area contributed by atoms with E-state index in [1.165, 1.54) is 19.2 Å². The van der Waals surface area contributed by atoms with E-state index in [0.717, 1.165) is 19.4 Å². The summed E-state index contributed by atoms with van der Waals surface area (Å²) in [5.74, 6) is 0.617. The Labute approximate surface area is 172 Å². The molecule has 0 spiro atoms. The number of piperidine rings is 1. The van der Waals surface area contributed by atoms with Crippen LogP contribution in [0.15, 0.2) is 36.5 Å². The Bertz CT molecular complexity index is 1090. The molecular formula is C20H21N5O5. The highest BCUT2D eigenvalue weighted by atomic mass is 16.6. The molecule has 10 nitrogen and oxygen atoms in total. The summed E-state index contributed by atoms with van der Waals surface area (Å²) in [6.45, 7) is 1.46. The highest BCUT2D eigenvalue weighted by Gasteiger charge is 2.25. The van der Waals surface area contributed by atoms with Gasteiger partial charge in [-0.1, -0.05) is 0 Å². The van der Waals surface area contributed by atoms with E-state index in [9.17, 15) is 14.9 Å². The maximum absolute atomic E-state index is 12.0. The fourth-order valence-corrected chi connectivity index (χ4v) is 3.62. The second-order valence-electron chi connectivity index (χ2n) is 7.06. The zero-order valence-electron chi connectivity index (χ0n) is 16.6. The van der Waals surface area contributed by atoms with Gasteiger partial charge in [-0.3, -0.25) is 10.1 Å². The van der Waals surface area contributed by atoms with Crippen LogP contribution in [0.3, 0.4) is 0 Å². The fraction of sp³-hybridized carbons (Fsp3) is 0.350. The van der Waals surface area contributed by atoms with Crippen molar-refractivity contribution in [2.24, 2.45) is 0 Å². The number of anilines is 1. The van der Waals surface area contributed by atoms with Gasteiger partial charge in [-0.15, -0.1) is 5.10 Å². The number of rotatable bonds is 5. The number of nitrogens with zero attached hydrogens (tertiary/aromatic N) is 5. The van der Waals surface area contributed by atoms with E-state index in [1.807, 2.05) is 0 Å². The normalized spacial score (nSPS) is 16.6. The Morgan fingerprint density at radius 2 is 2.03 bits per heavy atom. The molecule has 1 unspecified atom stereocenters. The Kier molecular flexibility index (Phi) is 5.32. The number of nitro groups is 1. The Balaban J connectivity index is 1.83. The molecule has 2 aromatic heterocycles. The number of ether oxygens (including phenoxy) is 2. The molecule has 0 saturated carbocycles. The van der Waals surface area contributed by atoms with E-state index in [1.54, 1.807) is 36.0 Å². The first-order valence-electron chi connectivity index (χ1n) is 9.51. The molecule has 10 heteroatoms. The molecule has 1 saturated heterocycles. The monoisotopic (exact) mass is 411 g/mol. The number of hydrogen-bond acceptors (Lipinski definition) is 8. The summed E-state index contributed by atoms with van der Waals surface area (Å²) in [5, 5.41) is 15.5. The third-order valence-corrected chi connectivity index (χ3v) is 5.21. The zero-order valence-corrected chi connectivity index (χ0v) is 16.6. The van der Waals surface area contributed by atoms with Crippen LogP contribution >= 0.6 is 0 Å². The van der Waals surface area contributed by atoms with E-state index >= 15 is 0 Å². The van der Waals surface area contributed by atoms with E-state index in [2.05, 4.69) is 10.00 Å². The molecule has 30 heavy (non-hydrogen) atoms. The van der Waals surface area contributed by atoms with Crippen molar-refractivity contribution < 1.29 is 19.2 Å². The molecule has 1 aliphatic rings. The number of aromatic nitrogens is 3. The van der Waals surface area contributed by atoms with Gasteiger partial charge < -0.3 is 14.4 Å². The van der Waals surface area contributed by atoms with Gasteiger partial charge in [0.2, 0.25) is 0 Å². The van der Waals surface area contributed by atoms with E-state index < -0.39 is 10.9 Å². The van der Waals surface area contributed by atoms with Crippen molar-refractivity contribution in [3.63, 3.8) is 0 Å². The minimum Gasteiger partial charge on any atom is -0.465 e. The van der Waals surface area contributed by atoms with E-state index in [0.29, 0.717) is 34.8 Å². The van der Waals surface area contributed by atoms with Crippen LogP contribution in [0.4, 0.5) is 11.5 Å². The van der Waals surface area contributed by atoms with Crippen LogP contribution in [-0.2, 0) is 9.47 Å². The molecule has 0 N–H and O–H groups in total. The molecule has 1 atom stereocenters. The molecule has 0 amide bonds. The van der Waals surface area contributed by atoms with Crippen molar-refractivity contribution in [2.45, 2.75) is 18.9 Å². The van der Waals surface area contributed by atoms with Crippen molar-refractivity contribution in [1.82, 2.24) is 14.6 Å². The van der Waals surface area contributed by atoms with E-state index in [4.69, 9.17) is 14.5 Å². The van der Waals surface area contributed by atoms with Crippen LogP contribution in [0.1, 0.15) is 23.2 Å². The van der Waals surface area contributed by atoms with Gasteiger partial charge in [0.05, 0.1) is 23.7 Å².